The highest BCUT2D eigenvalue weighted by Gasteiger charge is 2.32. The number of fused-ring (bicyclic) bond motifs is 3. The molecule has 4 rings (SSSR count). The lowest BCUT2D eigenvalue weighted by Gasteiger charge is -2.26. The van der Waals surface area contributed by atoms with Gasteiger partial charge < -0.3 is 46.5 Å². The summed E-state index contributed by atoms with van der Waals surface area (Å²) < 4.78 is 16.7. The second kappa shape index (κ2) is 28.1. The summed E-state index contributed by atoms with van der Waals surface area (Å²) >= 11 is 0. The van der Waals surface area contributed by atoms with Crippen LogP contribution in [-0.2, 0) is 35.2 Å². The van der Waals surface area contributed by atoms with Crippen LogP contribution in [0, 0.1) is 5.92 Å². The summed E-state index contributed by atoms with van der Waals surface area (Å²) in [7, 11) is 1.54. The lowest BCUT2D eigenvalue weighted by molar-refractivity contribution is -0.150. The molecule has 0 bridgehead atoms. The Morgan fingerprint density at radius 2 is 1.22 bits per heavy atom. The number of hydrogen-bond donors (Lipinski definition) is 6. The van der Waals surface area contributed by atoms with E-state index in [9.17, 15) is 24.0 Å². The van der Waals surface area contributed by atoms with Crippen LogP contribution in [0.15, 0.2) is 83.9 Å². The predicted molar refractivity (Wildman–Crippen MR) is 258 cm³/mol. The van der Waals surface area contributed by atoms with Crippen LogP contribution in [0.4, 0.5) is 9.59 Å². The Bertz CT molecular complexity index is 1910. The molecule has 3 aromatic rings. The SMILES string of the molecule is C.C.CN=C(N)NCCC[C@@H](NC(=O)[C@@H](CCCCNC(=O)OC(C)(C)C)NC(=O)OCC1c2ccccc2-c2ccccc21)C(=O)N[C@@H](CC(C)C)C(=O)OCc1ccccc1.S. The Hall–Kier alpha value is -5.77. The highest BCUT2D eigenvalue weighted by molar-refractivity contribution is 7.59. The largest absolute Gasteiger partial charge is 0.459 e. The van der Waals surface area contributed by atoms with Crippen LogP contribution in [0.3, 0.4) is 0 Å². The smallest absolute Gasteiger partial charge is 0.407 e. The van der Waals surface area contributed by atoms with Gasteiger partial charge >= 0.3 is 18.2 Å². The Morgan fingerprint density at radius 3 is 1.80 bits per heavy atom. The molecule has 4 amide bonds. The molecule has 3 atom stereocenters. The first-order chi connectivity index (χ1) is 29.1. The number of hydrogen-bond acceptors (Lipinski definition) is 9. The van der Waals surface area contributed by atoms with E-state index in [0.29, 0.717) is 32.2 Å². The van der Waals surface area contributed by atoms with Gasteiger partial charge in [0, 0.05) is 26.1 Å². The van der Waals surface area contributed by atoms with Crippen molar-refractivity contribution in [1.82, 2.24) is 26.6 Å². The van der Waals surface area contributed by atoms with Crippen molar-refractivity contribution in [1.29, 1.82) is 0 Å². The average molecular weight is 908 g/mol. The number of esters is 1. The number of nitrogens with two attached hydrogens (primary N) is 1. The quantitative estimate of drug-likeness (QED) is 0.0211. The van der Waals surface area contributed by atoms with Gasteiger partial charge in [-0.2, -0.15) is 13.5 Å². The molecule has 0 saturated carbocycles. The zero-order chi connectivity index (χ0) is 44.4. The molecule has 64 heavy (non-hydrogen) atoms. The molecule has 0 aliphatic heterocycles. The maximum atomic E-state index is 14.2. The monoisotopic (exact) mass is 908 g/mol. The molecule has 354 valence electrons. The van der Waals surface area contributed by atoms with Crippen LogP contribution >= 0.6 is 13.5 Å². The van der Waals surface area contributed by atoms with Gasteiger partial charge in [0.1, 0.15) is 36.9 Å². The number of guanidine groups is 1. The zero-order valence-corrected chi connectivity index (χ0v) is 37.8. The van der Waals surface area contributed by atoms with Crippen LogP contribution in [0.25, 0.3) is 11.1 Å². The minimum atomic E-state index is -1.12. The minimum Gasteiger partial charge on any atom is -0.459 e. The first-order valence-electron chi connectivity index (χ1n) is 21.0. The van der Waals surface area contributed by atoms with Gasteiger partial charge in [0.2, 0.25) is 11.8 Å². The van der Waals surface area contributed by atoms with Gasteiger partial charge in [-0.3, -0.25) is 14.6 Å². The van der Waals surface area contributed by atoms with E-state index in [4.69, 9.17) is 19.9 Å². The average Bonchev–Trinajstić information content (AvgIpc) is 3.54. The Balaban J connectivity index is 0.00000683. The molecule has 7 N–H and O–H groups in total. The second-order valence-corrected chi connectivity index (χ2v) is 16.5. The summed E-state index contributed by atoms with van der Waals surface area (Å²) in [5.41, 5.74) is 10.2. The second-order valence-electron chi connectivity index (χ2n) is 16.5. The van der Waals surface area contributed by atoms with Crippen molar-refractivity contribution in [2.75, 3.05) is 26.7 Å². The van der Waals surface area contributed by atoms with Crippen LogP contribution in [0.5, 0.6) is 0 Å². The van der Waals surface area contributed by atoms with Crippen molar-refractivity contribution in [3.8, 4) is 11.1 Å². The maximum Gasteiger partial charge on any atom is 0.407 e. The van der Waals surface area contributed by atoms with Crippen LogP contribution in [0.1, 0.15) is 111 Å². The van der Waals surface area contributed by atoms with E-state index in [1.54, 1.807) is 27.8 Å². The van der Waals surface area contributed by atoms with E-state index in [2.05, 4.69) is 31.6 Å². The molecule has 0 aromatic heterocycles. The van der Waals surface area contributed by atoms with Crippen LogP contribution in [0.2, 0.25) is 0 Å². The molecular weight excluding hydrogens is 835 g/mol. The third kappa shape index (κ3) is 18.5. The topological polar surface area (TPSA) is 212 Å². The van der Waals surface area contributed by atoms with Gasteiger partial charge in [-0.1, -0.05) is 108 Å². The van der Waals surface area contributed by atoms with Crippen molar-refractivity contribution in [3.63, 3.8) is 0 Å². The molecule has 0 heterocycles. The maximum absolute atomic E-state index is 14.2. The van der Waals surface area contributed by atoms with E-state index in [-0.39, 0.29) is 78.7 Å². The van der Waals surface area contributed by atoms with Crippen molar-refractivity contribution in [2.24, 2.45) is 16.6 Å². The first-order valence-corrected chi connectivity index (χ1v) is 21.0. The summed E-state index contributed by atoms with van der Waals surface area (Å²) in [6, 6.07) is 22.0. The molecule has 0 saturated heterocycles. The molecule has 15 nitrogen and oxygen atoms in total. The molecule has 1 aliphatic rings. The molecule has 0 spiro atoms. The number of aliphatic imine (C=N–C) groups is 1. The van der Waals surface area contributed by atoms with Gasteiger partial charge in [0.25, 0.3) is 0 Å². The molecule has 0 radical (unpaired) electrons. The van der Waals surface area contributed by atoms with Crippen molar-refractivity contribution >= 4 is 49.4 Å². The van der Waals surface area contributed by atoms with E-state index in [1.807, 2.05) is 92.7 Å². The Morgan fingerprint density at radius 1 is 0.688 bits per heavy atom. The number of carbonyl (C=O) groups excluding carboxylic acids is 5. The van der Waals surface area contributed by atoms with Crippen LogP contribution < -0.4 is 32.3 Å². The summed E-state index contributed by atoms with van der Waals surface area (Å²) in [5.74, 6) is -1.76. The van der Waals surface area contributed by atoms with E-state index in [1.165, 1.54) is 0 Å². The number of carbonyl (C=O) groups is 5. The Kier molecular flexibility index (Phi) is 24.7. The van der Waals surface area contributed by atoms with Gasteiger partial charge in [-0.15, -0.1) is 0 Å². The van der Waals surface area contributed by atoms with Crippen molar-refractivity contribution < 1.29 is 38.2 Å². The lowest BCUT2D eigenvalue weighted by Crippen LogP contribution is -2.56. The molecule has 0 unspecified atom stereocenters. The number of unbranched alkanes of at least 4 members (excludes halogenated alkanes) is 1. The van der Waals surface area contributed by atoms with E-state index < -0.39 is 53.7 Å². The summed E-state index contributed by atoms with van der Waals surface area (Å²) in [4.78, 5) is 71.2. The molecule has 1 aliphatic carbocycles. The van der Waals surface area contributed by atoms with Crippen LogP contribution in [-0.4, -0.2) is 86.4 Å². The third-order valence-corrected chi connectivity index (χ3v) is 9.92. The molecule has 0 fully saturated rings. The van der Waals surface area contributed by atoms with E-state index in [0.717, 1.165) is 27.8 Å². The first kappa shape index (κ1) is 56.2. The number of nitrogens with one attached hydrogen (secondary N) is 5. The van der Waals surface area contributed by atoms with Gasteiger partial charge in [-0.05, 0) is 93.0 Å². The fourth-order valence-electron chi connectivity index (χ4n) is 6.96. The third-order valence-electron chi connectivity index (χ3n) is 9.92. The van der Waals surface area contributed by atoms with Crippen molar-refractivity contribution in [3.05, 3.63) is 95.6 Å². The van der Waals surface area contributed by atoms with Crippen molar-refractivity contribution in [2.45, 2.75) is 124 Å². The summed E-state index contributed by atoms with van der Waals surface area (Å²) in [6.07, 6.45) is 0.530. The number of amides is 4. The van der Waals surface area contributed by atoms with Gasteiger partial charge in [0.05, 0.1) is 0 Å². The number of benzene rings is 3. The van der Waals surface area contributed by atoms with E-state index >= 15 is 0 Å². The standard InChI is InChI=1S/C46H63N7O8.2CH4.H2S/c1-30(2)27-39(42(56)59-28-31-17-8-7-9-18-31)52-40(54)37(24-16-26-49-43(47)48-6)51-41(55)38(23-14-15-25-50-44(57)61-46(3,4)5)53-45(58)60-29-36-34-21-12-10-19-32(34)33-20-11-13-22-35(33)36;;;/h7-13,17-22,30,36-39H,14-16,23-29H2,1-6H3,(H,50,57)(H,51,55)(H,52,54)(H,53,58)(H3,47,48,49);2*1H4;1H2/t37-,38-,39+;;;/m1.../s1. The fraction of sp³-hybridized carbons (Fsp3) is 0.500. The number of ether oxygens (including phenoxy) is 3. The highest BCUT2D eigenvalue weighted by atomic mass is 32.1. The summed E-state index contributed by atoms with van der Waals surface area (Å²) in [5, 5.41) is 14.1. The highest BCUT2D eigenvalue weighted by Crippen LogP contribution is 2.44. The fourth-order valence-corrected chi connectivity index (χ4v) is 6.96. The Labute approximate surface area is 387 Å². The minimum absolute atomic E-state index is 0. The normalized spacial score (nSPS) is 13.1. The summed E-state index contributed by atoms with van der Waals surface area (Å²) in [6.45, 7) is 9.86. The lowest BCUT2D eigenvalue weighted by atomic mass is 9.98. The zero-order valence-electron chi connectivity index (χ0n) is 36.8. The molecule has 3 aromatic carbocycles. The molecule has 16 heteroatoms. The predicted octanol–water partition coefficient (Wildman–Crippen LogP) is 7.05. The van der Waals surface area contributed by atoms with Gasteiger partial charge in [-0.25, -0.2) is 14.4 Å². The number of nitrogens with zero attached hydrogens (tertiary/aromatic N) is 1. The molecular formula is C48H73N7O8S. The number of rotatable bonds is 21. The van der Waals surface area contributed by atoms with Gasteiger partial charge in [0.15, 0.2) is 5.96 Å². The number of alkyl carbamates (subject to hydrolysis) is 2.